The minimum Gasteiger partial charge on any atom is -0.340 e. The summed E-state index contributed by atoms with van der Waals surface area (Å²) in [5.74, 6) is -0.0330. The van der Waals surface area contributed by atoms with Crippen LogP contribution in [0.4, 0.5) is 0 Å². The van der Waals surface area contributed by atoms with Gasteiger partial charge in [-0.15, -0.1) is 0 Å². The quantitative estimate of drug-likeness (QED) is 0.782. The Labute approximate surface area is 113 Å². The lowest BCUT2D eigenvalue weighted by Gasteiger charge is -2.20. The molecule has 19 heavy (non-hydrogen) atoms. The standard InChI is InChI=1S/C15H17N3O/c1-13-4-6-14(7-5-13)12-15(19)18(10-2-8-16)11-3-9-17/h4-7H,2-3,10-12H2,1H3. The van der Waals surface area contributed by atoms with Crippen LogP contribution in [0.15, 0.2) is 24.3 Å². The summed E-state index contributed by atoms with van der Waals surface area (Å²) in [6, 6.07) is 11.8. The summed E-state index contributed by atoms with van der Waals surface area (Å²) in [5.41, 5.74) is 2.11. The molecule has 0 bridgehead atoms. The molecule has 0 aliphatic carbocycles. The molecule has 4 heteroatoms. The van der Waals surface area contributed by atoms with Gasteiger partial charge in [0.1, 0.15) is 0 Å². The number of amides is 1. The van der Waals surface area contributed by atoms with Crippen molar-refractivity contribution in [1.29, 1.82) is 10.5 Å². The van der Waals surface area contributed by atoms with Gasteiger partial charge in [-0.2, -0.15) is 10.5 Å². The van der Waals surface area contributed by atoms with E-state index in [1.807, 2.05) is 43.3 Å². The highest BCUT2D eigenvalue weighted by Crippen LogP contribution is 2.06. The van der Waals surface area contributed by atoms with Gasteiger partial charge in [0.25, 0.3) is 0 Å². The number of hydrogen-bond acceptors (Lipinski definition) is 3. The molecule has 0 aliphatic rings. The Morgan fingerprint density at radius 3 is 2.11 bits per heavy atom. The molecule has 0 aliphatic heterocycles. The fourth-order valence-corrected chi connectivity index (χ4v) is 1.72. The van der Waals surface area contributed by atoms with Crippen LogP contribution >= 0.6 is 0 Å². The highest BCUT2D eigenvalue weighted by atomic mass is 16.2. The van der Waals surface area contributed by atoms with Crippen molar-refractivity contribution in [3.05, 3.63) is 35.4 Å². The van der Waals surface area contributed by atoms with Crippen molar-refractivity contribution in [2.75, 3.05) is 13.1 Å². The van der Waals surface area contributed by atoms with E-state index in [4.69, 9.17) is 10.5 Å². The molecule has 0 N–H and O–H groups in total. The van der Waals surface area contributed by atoms with E-state index in [1.165, 1.54) is 0 Å². The van der Waals surface area contributed by atoms with E-state index in [0.29, 0.717) is 32.4 Å². The molecule has 0 heterocycles. The third-order valence-electron chi connectivity index (χ3n) is 2.82. The Morgan fingerprint density at radius 1 is 1.11 bits per heavy atom. The monoisotopic (exact) mass is 255 g/mol. The summed E-state index contributed by atoms with van der Waals surface area (Å²) in [7, 11) is 0. The van der Waals surface area contributed by atoms with Crippen LogP contribution in [0.3, 0.4) is 0 Å². The first-order valence-electron chi connectivity index (χ1n) is 6.24. The molecule has 1 rings (SSSR count). The molecular weight excluding hydrogens is 238 g/mol. The number of benzene rings is 1. The van der Waals surface area contributed by atoms with Crippen LogP contribution < -0.4 is 0 Å². The Balaban J connectivity index is 2.62. The van der Waals surface area contributed by atoms with Crippen LogP contribution in [-0.4, -0.2) is 23.9 Å². The van der Waals surface area contributed by atoms with Gasteiger partial charge in [0.05, 0.1) is 31.4 Å². The zero-order valence-electron chi connectivity index (χ0n) is 11.1. The van der Waals surface area contributed by atoms with Crippen LogP contribution in [0.2, 0.25) is 0 Å². The summed E-state index contributed by atoms with van der Waals surface area (Å²) < 4.78 is 0. The van der Waals surface area contributed by atoms with E-state index in [9.17, 15) is 4.79 Å². The van der Waals surface area contributed by atoms with Gasteiger partial charge in [0.15, 0.2) is 0 Å². The van der Waals surface area contributed by atoms with Crippen molar-refractivity contribution in [3.63, 3.8) is 0 Å². The average molecular weight is 255 g/mol. The molecule has 1 aromatic rings. The van der Waals surface area contributed by atoms with Crippen molar-refractivity contribution < 1.29 is 4.79 Å². The Kier molecular flexibility index (Phi) is 6.12. The van der Waals surface area contributed by atoms with Crippen molar-refractivity contribution in [3.8, 4) is 12.1 Å². The van der Waals surface area contributed by atoms with Crippen LogP contribution in [0.25, 0.3) is 0 Å². The van der Waals surface area contributed by atoms with E-state index in [1.54, 1.807) is 4.90 Å². The second kappa shape index (κ2) is 7.89. The molecule has 0 atom stereocenters. The van der Waals surface area contributed by atoms with Gasteiger partial charge in [0, 0.05) is 13.1 Å². The largest absolute Gasteiger partial charge is 0.340 e. The predicted octanol–water partition coefficient (Wildman–Crippen LogP) is 2.19. The molecule has 0 saturated heterocycles. The van der Waals surface area contributed by atoms with Crippen LogP contribution in [0.1, 0.15) is 24.0 Å². The summed E-state index contributed by atoms with van der Waals surface area (Å²) in [5, 5.41) is 17.2. The molecule has 1 amide bonds. The third kappa shape index (κ3) is 5.23. The predicted molar refractivity (Wildman–Crippen MR) is 71.9 cm³/mol. The normalized spacial score (nSPS) is 9.42. The molecule has 98 valence electrons. The Hall–Kier alpha value is -2.33. The Morgan fingerprint density at radius 2 is 1.63 bits per heavy atom. The molecule has 0 aromatic heterocycles. The number of nitrogens with zero attached hydrogens (tertiary/aromatic N) is 3. The van der Waals surface area contributed by atoms with Gasteiger partial charge in [-0.3, -0.25) is 4.79 Å². The molecule has 0 radical (unpaired) electrons. The highest BCUT2D eigenvalue weighted by molar-refractivity contribution is 5.78. The van der Waals surface area contributed by atoms with Crippen LogP contribution in [0.5, 0.6) is 0 Å². The first kappa shape index (κ1) is 14.7. The lowest BCUT2D eigenvalue weighted by molar-refractivity contribution is -0.130. The lowest BCUT2D eigenvalue weighted by atomic mass is 10.1. The minimum absolute atomic E-state index is 0.0330. The maximum Gasteiger partial charge on any atom is 0.227 e. The number of carbonyl (C=O) groups excluding carboxylic acids is 1. The molecule has 0 spiro atoms. The zero-order valence-corrected chi connectivity index (χ0v) is 11.1. The summed E-state index contributed by atoms with van der Waals surface area (Å²) >= 11 is 0. The molecule has 0 fully saturated rings. The molecule has 4 nitrogen and oxygen atoms in total. The molecule has 0 unspecified atom stereocenters. The second-order valence-electron chi connectivity index (χ2n) is 4.36. The van der Waals surface area contributed by atoms with Crippen molar-refractivity contribution in [2.45, 2.75) is 26.2 Å². The number of hydrogen-bond donors (Lipinski definition) is 0. The fourth-order valence-electron chi connectivity index (χ4n) is 1.72. The number of aryl methyl sites for hydroxylation is 1. The van der Waals surface area contributed by atoms with Crippen LogP contribution in [0, 0.1) is 29.6 Å². The van der Waals surface area contributed by atoms with Gasteiger partial charge < -0.3 is 4.90 Å². The van der Waals surface area contributed by atoms with Gasteiger partial charge in [-0.25, -0.2) is 0 Å². The Bertz CT molecular complexity index is 476. The van der Waals surface area contributed by atoms with E-state index in [2.05, 4.69) is 0 Å². The summed E-state index contributed by atoms with van der Waals surface area (Å²) in [4.78, 5) is 13.7. The summed E-state index contributed by atoms with van der Waals surface area (Å²) in [6.07, 6.45) is 0.910. The van der Waals surface area contributed by atoms with E-state index in [0.717, 1.165) is 11.1 Å². The summed E-state index contributed by atoms with van der Waals surface area (Å²) in [6.45, 7) is 2.78. The van der Waals surface area contributed by atoms with E-state index >= 15 is 0 Å². The topological polar surface area (TPSA) is 67.9 Å². The average Bonchev–Trinajstić information content (AvgIpc) is 2.41. The van der Waals surface area contributed by atoms with Gasteiger partial charge >= 0.3 is 0 Å². The molecule has 0 saturated carbocycles. The number of rotatable bonds is 6. The highest BCUT2D eigenvalue weighted by Gasteiger charge is 2.13. The molecular formula is C15H17N3O. The van der Waals surface area contributed by atoms with Gasteiger partial charge in [-0.1, -0.05) is 29.8 Å². The second-order valence-corrected chi connectivity index (χ2v) is 4.36. The van der Waals surface area contributed by atoms with Gasteiger partial charge in [0.2, 0.25) is 5.91 Å². The van der Waals surface area contributed by atoms with Crippen molar-refractivity contribution in [1.82, 2.24) is 4.90 Å². The maximum absolute atomic E-state index is 12.1. The number of nitriles is 2. The zero-order chi connectivity index (χ0) is 14.1. The number of carbonyl (C=O) groups is 1. The third-order valence-corrected chi connectivity index (χ3v) is 2.82. The van der Waals surface area contributed by atoms with Crippen molar-refractivity contribution >= 4 is 5.91 Å². The first-order chi connectivity index (χ1) is 9.17. The lowest BCUT2D eigenvalue weighted by Crippen LogP contribution is -2.33. The fraction of sp³-hybridized carbons (Fsp3) is 0.400. The minimum atomic E-state index is -0.0330. The maximum atomic E-state index is 12.1. The smallest absolute Gasteiger partial charge is 0.227 e. The van der Waals surface area contributed by atoms with Gasteiger partial charge in [-0.05, 0) is 12.5 Å². The first-order valence-corrected chi connectivity index (χ1v) is 6.24. The SMILES string of the molecule is Cc1ccc(CC(=O)N(CCC#N)CCC#N)cc1. The van der Waals surface area contributed by atoms with E-state index < -0.39 is 0 Å². The van der Waals surface area contributed by atoms with Crippen molar-refractivity contribution in [2.24, 2.45) is 0 Å². The molecule has 1 aromatic carbocycles. The van der Waals surface area contributed by atoms with Crippen LogP contribution in [-0.2, 0) is 11.2 Å². The van der Waals surface area contributed by atoms with E-state index in [-0.39, 0.29) is 5.91 Å².